The van der Waals surface area contributed by atoms with Crippen molar-refractivity contribution < 1.29 is 9.62 Å². The normalized spacial score (nSPS) is 13.3. The minimum Gasteiger partial charge on any atom is -0.469 e. The Balaban J connectivity index is 1.77. The molecule has 1 heterocycles. The lowest BCUT2D eigenvalue weighted by Gasteiger charge is -2.13. The Bertz CT molecular complexity index is 562. The lowest BCUT2D eigenvalue weighted by atomic mass is 10.1. The highest BCUT2D eigenvalue weighted by atomic mass is 16.4. The Morgan fingerprint density at radius 2 is 2.10 bits per heavy atom. The van der Waals surface area contributed by atoms with E-state index in [0.717, 1.165) is 30.7 Å². The Morgan fingerprint density at radius 1 is 1.33 bits per heavy atom. The molecule has 0 aliphatic heterocycles. The van der Waals surface area contributed by atoms with Gasteiger partial charge in [-0.25, -0.2) is 0 Å². The number of aryl methyl sites for hydroxylation is 1. The number of amidine groups is 1. The summed E-state index contributed by atoms with van der Waals surface area (Å²) >= 11 is 0. The van der Waals surface area contributed by atoms with Crippen LogP contribution in [0.5, 0.6) is 0 Å². The summed E-state index contributed by atoms with van der Waals surface area (Å²) in [6, 6.07) is 12.0. The average molecular weight is 287 g/mol. The van der Waals surface area contributed by atoms with Crippen LogP contribution >= 0.6 is 0 Å². The standard InChI is InChI=1S/C16H21N3O2/c1-12(4-9-15-3-2-10-21-15)18-11-13-5-7-14(8-6-13)16(17)19-20/h2-3,5-8,10,12,18,20H,4,9,11H2,1H3,(H2,17,19). The molecule has 21 heavy (non-hydrogen) atoms. The molecular formula is C16H21N3O2. The number of hydrogen-bond donors (Lipinski definition) is 3. The summed E-state index contributed by atoms with van der Waals surface area (Å²) in [5.74, 6) is 1.15. The molecule has 0 saturated heterocycles. The van der Waals surface area contributed by atoms with Crippen molar-refractivity contribution in [1.29, 1.82) is 0 Å². The molecule has 0 amide bonds. The minimum absolute atomic E-state index is 0.126. The van der Waals surface area contributed by atoms with E-state index in [0.29, 0.717) is 11.6 Å². The fourth-order valence-corrected chi connectivity index (χ4v) is 2.06. The van der Waals surface area contributed by atoms with E-state index in [9.17, 15) is 0 Å². The van der Waals surface area contributed by atoms with Gasteiger partial charge in [0.2, 0.25) is 0 Å². The molecule has 0 saturated carbocycles. The van der Waals surface area contributed by atoms with Gasteiger partial charge in [0, 0.05) is 24.6 Å². The molecule has 1 atom stereocenters. The van der Waals surface area contributed by atoms with Crippen LogP contribution < -0.4 is 11.1 Å². The SMILES string of the molecule is CC(CCc1ccco1)NCc1ccc(C(N)=NO)cc1. The fraction of sp³-hybridized carbons (Fsp3) is 0.312. The first kappa shape index (κ1) is 15.1. The van der Waals surface area contributed by atoms with E-state index >= 15 is 0 Å². The zero-order valence-electron chi connectivity index (χ0n) is 12.1. The quantitative estimate of drug-likeness (QED) is 0.316. The average Bonchev–Trinajstić information content (AvgIpc) is 3.04. The number of rotatable bonds is 7. The Morgan fingerprint density at radius 3 is 2.71 bits per heavy atom. The van der Waals surface area contributed by atoms with Crippen molar-refractivity contribution in [2.24, 2.45) is 10.9 Å². The van der Waals surface area contributed by atoms with Crippen LogP contribution in [0.1, 0.15) is 30.2 Å². The van der Waals surface area contributed by atoms with Crippen molar-refractivity contribution in [3.8, 4) is 0 Å². The number of nitrogens with zero attached hydrogens (tertiary/aromatic N) is 1. The maximum atomic E-state index is 8.61. The molecule has 2 aromatic rings. The first-order valence-electron chi connectivity index (χ1n) is 7.01. The van der Waals surface area contributed by atoms with Gasteiger partial charge in [-0.2, -0.15) is 0 Å². The van der Waals surface area contributed by atoms with Crippen molar-refractivity contribution in [2.45, 2.75) is 32.4 Å². The van der Waals surface area contributed by atoms with Gasteiger partial charge in [-0.3, -0.25) is 0 Å². The second-order valence-corrected chi connectivity index (χ2v) is 5.08. The van der Waals surface area contributed by atoms with E-state index in [2.05, 4.69) is 17.4 Å². The molecule has 0 spiro atoms. The van der Waals surface area contributed by atoms with Gasteiger partial charge in [0.25, 0.3) is 0 Å². The Hall–Kier alpha value is -2.27. The molecule has 0 radical (unpaired) electrons. The second-order valence-electron chi connectivity index (χ2n) is 5.08. The number of furan rings is 1. The molecule has 1 aromatic heterocycles. The second kappa shape index (κ2) is 7.50. The summed E-state index contributed by atoms with van der Waals surface area (Å²) in [5, 5.41) is 15.1. The lowest BCUT2D eigenvalue weighted by Crippen LogP contribution is -2.26. The van der Waals surface area contributed by atoms with Gasteiger partial charge in [-0.05, 0) is 31.0 Å². The third-order valence-electron chi connectivity index (χ3n) is 3.42. The summed E-state index contributed by atoms with van der Waals surface area (Å²) in [4.78, 5) is 0. The molecule has 4 N–H and O–H groups in total. The van der Waals surface area contributed by atoms with E-state index in [-0.39, 0.29) is 5.84 Å². The van der Waals surface area contributed by atoms with Gasteiger partial charge in [-0.15, -0.1) is 0 Å². The van der Waals surface area contributed by atoms with E-state index in [4.69, 9.17) is 15.4 Å². The monoisotopic (exact) mass is 287 g/mol. The summed E-state index contributed by atoms with van der Waals surface area (Å²) in [6.45, 7) is 2.95. The first-order chi connectivity index (χ1) is 10.2. The van der Waals surface area contributed by atoms with Crippen molar-refractivity contribution in [3.63, 3.8) is 0 Å². The minimum atomic E-state index is 0.126. The highest BCUT2D eigenvalue weighted by Gasteiger charge is 2.04. The smallest absolute Gasteiger partial charge is 0.170 e. The van der Waals surface area contributed by atoms with Crippen LogP contribution in [0.3, 0.4) is 0 Å². The Kier molecular flexibility index (Phi) is 5.40. The third-order valence-corrected chi connectivity index (χ3v) is 3.42. The van der Waals surface area contributed by atoms with Crippen LogP contribution in [0.25, 0.3) is 0 Å². The van der Waals surface area contributed by atoms with Crippen molar-refractivity contribution in [1.82, 2.24) is 5.32 Å². The van der Waals surface area contributed by atoms with E-state index < -0.39 is 0 Å². The van der Waals surface area contributed by atoms with Crippen LogP contribution in [0, 0.1) is 0 Å². The lowest BCUT2D eigenvalue weighted by molar-refractivity contribution is 0.318. The van der Waals surface area contributed by atoms with Gasteiger partial charge in [0.15, 0.2) is 5.84 Å². The van der Waals surface area contributed by atoms with E-state index in [1.54, 1.807) is 6.26 Å². The van der Waals surface area contributed by atoms with Crippen LogP contribution in [0.15, 0.2) is 52.2 Å². The predicted molar refractivity (Wildman–Crippen MR) is 82.3 cm³/mol. The summed E-state index contributed by atoms with van der Waals surface area (Å²) in [6.07, 6.45) is 3.66. The maximum absolute atomic E-state index is 8.61. The molecule has 1 aromatic carbocycles. The van der Waals surface area contributed by atoms with Crippen LogP contribution in [0.2, 0.25) is 0 Å². The predicted octanol–water partition coefficient (Wildman–Crippen LogP) is 2.49. The largest absolute Gasteiger partial charge is 0.469 e. The molecule has 0 fully saturated rings. The van der Waals surface area contributed by atoms with Crippen molar-refractivity contribution >= 4 is 5.84 Å². The van der Waals surface area contributed by atoms with Gasteiger partial charge in [0.1, 0.15) is 5.76 Å². The van der Waals surface area contributed by atoms with Gasteiger partial charge in [0.05, 0.1) is 6.26 Å². The number of oxime groups is 1. The zero-order chi connectivity index (χ0) is 15.1. The third kappa shape index (κ3) is 4.65. The molecule has 5 heteroatoms. The number of nitrogens with one attached hydrogen (secondary N) is 1. The molecule has 0 bridgehead atoms. The highest BCUT2D eigenvalue weighted by molar-refractivity contribution is 5.96. The molecule has 5 nitrogen and oxygen atoms in total. The molecule has 112 valence electrons. The Labute approximate surface area is 124 Å². The van der Waals surface area contributed by atoms with E-state index in [1.165, 1.54) is 0 Å². The maximum Gasteiger partial charge on any atom is 0.170 e. The number of hydrogen-bond acceptors (Lipinski definition) is 4. The van der Waals surface area contributed by atoms with Crippen LogP contribution in [0.4, 0.5) is 0 Å². The molecule has 1 unspecified atom stereocenters. The summed E-state index contributed by atoms with van der Waals surface area (Å²) < 4.78 is 5.32. The van der Waals surface area contributed by atoms with Gasteiger partial charge >= 0.3 is 0 Å². The number of benzene rings is 1. The van der Waals surface area contributed by atoms with Crippen molar-refractivity contribution in [3.05, 3.63) is 59.5 Å². The van der Waals surface area contributed by atoms with Crippen LogP contribution in [-0.4, -0.2) is 17.1 Å². The molecule has 2 rings (SSSR count). The fourth-order valence-electron chi connectivity index (χ4n) is 2.06. The first-order valence-corrected chi connectivity index (χ1v) is 7.01. The van der Waals surface area contributed by atoms with Gasteiger partial charge < -0.3 is 20.7 Å². The highest BCUT2D eigenvalue weighted by Crippen LogP contribution is 2.08. The summed E-state index contributed by atoms with van der Waals surface area (Å²) in [5.41, 5.74) is 7.40. The van der Waals surface area contributed by atoms with E-state index in [1.807, 2.05) is 36.4 Å². The molecular weight excluding hydrogens is 266 g/mol. The van der Waals surface area contributed by atoms with Crippen LogP contribution in [-0.2, 0) is 13.0 Å². The van der Waals surface area contributed by atoms with Crippen molar-refractivity contribution in [2.75, 3.05) is 0 Å². The topological polar surface area (TPSA) is 83.8 Å². The zero-order valence-corrected chi connectivity index (χ0v) is 12.1. The summed E-state index contributed by atoms with van der Waals surface area (Å²) in [7, 11) is 0. The molecule has 0 aliphatic rings. The molecule has 0 aliphatic carbocycles. The number of nitrogens with two attached hydrogens (primary N) is 1. The van der Waals surface area contributed by atoms with Gasteiger partial charge in [-0.1, -0.05) is 29.4 Å².